The van der Waals surface area contributed by atoms with Gasteiger partial charge < -0.3 is 10.3 Å². The van der Waals surface area contributed by atoms with Gasteiger partial charge in [0.05, 0.1) is 0 Å². The predicted octanol–water partition coefficient (Wildman–Crippen LogP) is 1.10. The summed E-state index contributed by atoms with van der Waals surface area (Å²) in [4.78, 5) is 3.51. The largest absolute Gasteiger partial charge is 0.397 e. The van der Waals surface area contributed by atoms with Gasteiger partial charge in [0.15, 0.2) is 5.82 Å². The van der Waals surface area contributed by atoms with Gasteiger partial charge in [-0.3, -0.25) is 0 Å². The first-order valence-corrected chi connectivity index (χ1v) is 3.59. The molecule has 0 bridgehead atoms. The van der Waals surface area contributed by atoms with E-state index in [2.05, 4.69) is 14.7 Å². The van der Waals surface area contributed by atoms with Crippen molar-refractivity contribution >= 4 is 12.4 Å². The van der Waals surface area contributed by atoms with E-state index < -0.39 is 18.5 Å². The van der Waals surface area contributed by atoms with Gasteiger partial charge in [0.1, 0.15) is 6.42 Å². The smallest absolute Gasteiger partial charge is 0.339 e. The van der Waals surface area contributed by atoms with E-state index >= 15 is 0 Å². The van der Waals surface area contributed by atoms with Crippen LogP contribution in [0.3, 0.4) is 0 Å². The van der Waals surface area contributed by atoms with E-state index in [0.717, 1.165) is 0 Å². The summed E-state index contributed by atoms with van der Waals surface area (Å²) in [6, 6.07) is 0. The molecule has 0 aliphatic rings. The molecular formula is C6H9ClF3N3O. The van der Waals surface area contributed by atoms with Crippen LogP contribution in [0.1, 0.15) is 11.7 Å². The highest BCUT2D eigenvalue weighted by atomic mass is 35.5. The van der Waals surface area contributed by atoms with Crippen LogP contribution in [0.25, 0.3) is 0 Å². The molecule has 0 unspecified atom stereocenters. The Morgan fingerprint density at radius 3 is 2.50 bits per heavy atom. The average molecular weight is 232 g/mol. The monoisotopic (exact) mass is 231 g/mol. The third-order valence-corrected chi connectivity index (χ3v) is 1.23. The lowest BCUT2D eigenvalue weighted by Crippen LogP contribution is -2.12. The normalized spacial score (nSPS) is 11.1. The van der Waals surface area contributed by atoms with E-state index in [1.54, 1.807) is 0 Å². The zero-order chi connectivity index (χ0) is 9.90. The topological polar surface area (TPSA) is 64.9 Å². The Morgan fingerprint density at radius 1 is 1.36 bits per heavy atom. The molecule has 1 aromatic rings. The van der Waals surface area contributed by atoms with Gasteiger partial charge in [-0.2, -0.15) is 18.2 Å². The summed E-state index contributed by atoms with van der Waals surface area (Å²) in [5, 5.41) is 3.32. The fourth-order valence-corrected chi connectivity index (χ4v) is 0.764. The standard InChI is InChI=1S/C6H8F3N3O.ClH/c7-6(8,9)3-5-11-4(1-2-10)12-13-5;/h1-3,10H2;1H. The summed E-state index contributed by atoms with van der Waals surface area (Å²) in [5.41, 5.74) is 5.15. The van der Waals surface area contributed by atoms with Crippen LogP contribution in [0.15, 0.2) is 4.52 Å². The summed E-state index contributed by atoms with van der Waals surface area (Å²) in [5.74, 6) is -0.210. The summed E-state index contributed by atoms with van der Waals surface area (Å²) >= 11 is 0. The van der Waals surface area contributed by atoms with E-state index in [-0.39, 0.29) is 24.8 Å². The van der Waals surface area contributed by atoms with Crippen molar-refractivity contribution in [2.75, 3.05) is 6.54 Å². The van der Waals surface area contributed by atoms with Crippen LogP contribution < -0.4 is 5.73 Å². The van der Waals surface area contributed by atoms with Crippen molar-refractivity contribution in [2.24, 2.45) is 5.73 Å². The lowest BCUT2D eigenvalue weighted by atomic mass is 10.4. The van der Waals surface area contributed by atoms with E-state index in [1.165, 1.54) is 0 Å². The number of hydrogen-bond donors (Lipinski definition) is 1. The minimum atomic E-state index is -4.31. The molecule has 0 atom stereocenters. The van der Waals surface area contributed by atoms with E-state index in [0.29, 0.717) is 6.42 Å². The lowest BCUT2D eigenvalue weighted by Gasteiger charge is -1.99. The SMILES string of the molecule is Cl.NCCc1noc(CC(F)(F)F)n1. The van der Waals surface area contributed by atoms with Gasteiger partial charge in [-0.25, -0.2) is 0 Å². The number of nitrogens with two attached hydrogens (primary N) is 1. The molecule has 0 aromatic carbocycles. The summed E-state index contributed by atoms with van der Waals surface area (Å²) in [6.07, 6.45) is -5.18. The first-order valence-electron chi connectivity index (χ1n) is 3.59. The molecule has 0 spiro atoms. The van der Waals surface area contributed by atoms with E-state index in [1.807, 2.05) is 0 Å². The molecule has 0 aliphatic carbocycles. The average Bonchev–Trinajstić information content (AvgIpc) is 2.33. The number of hydrogen-bond acceptors (Lipinski definition) is 4. The van der Waals surface area contributed by atoms with Crippen molar-refractivity contribution in [2.45, 2.75) is 19.0 Å². The van der Waals surface area contributed by atoms with Gasteiger partial charge in [-0.1, -0.05) is 5.16 Å². The number of aromatic nitrogens is 2. The van der Waals surface area contributed by atoms with Crippen molar-refractivity contribution in [1.82, 2.24) is 10.1 Å². The molecule has 0 saturated heterocycles. The quantitative estimate of drug-likeness (QED) is 0.846. The van der Waals surface area contributed by atoms with Crippen molar-refractivity contribution in [3.05, 3.63) is 11.7 Å². The van der Waals surface area contributed by atoms with Crippen molar-refractivity contribution < 1.29 is 17.7 Å². The minimum absolute atomic E-state index is 0. The summed E-state index contributed by atoms with van der Waals surface area (Å²) in [7, 11) is 0. The second-order valence-electron chi connectivity index (χ2n) is 2.43. The van der Waals surface area contributed by atoms with Gasteiger partial charge in [0.25, 0.3) is 0 Å². The molecule has 0 fully saturated rings. The van der Waals surface area contributed by atoms with E-state index in [9.17, 15) is 13.2 Å². The zero-order valence-corrected chi connectivity index (χ0v) is 7.86. The molecular weight excluding hydrogens is 223 g/mol. The molecule has 4 nitrogen and oxygen atoms in total. The minimum Gasteiger partial charge on any atom is -0.339 e. The lowest BCUT2D eigenvalue weighted by molar-refractivity contribution is -0.131. The maximum atomic E-state index is 11.8. The Labute approximate surface area is 84.1 Å². The Bertz CT molecular complexity index is 276. The van der Waals surface area contributed by atoms with Crippen LogP contribution in [-0.2, 0) is 12.8 Å². The van der Waals surface area contributed by atoms with Crippen LogP contribution in [0, 0.1) is 0 Å². The van der Waals surface area contributed by atoms with Gasteiger partial charge in [-0.15, -0.1) is 12.4 Å². The number of alkyl halides is 3. The van der Waals surface area contributed by atoms with Crippen LogP contribution >= 0.6 is 12.4 Å². The first kappa shape index (κ1) is 13.2. The van der Waals surface area contributed by atoms with Gasteiger partial charge in [-0.05, 0) is 6.54 Å². The number of halogens is 4. The Balaban J connectivity index is 0.00000169. The van der Waals surface area contributed by atoms with Crippen LogP contribution in [-0.4, -0.2) is 22.9 Å². The molecule has 1 heterocycles. The molecule has 1 aromatic heterocycles. The maximum absolute atomic E-state index is 11.8. The maximum Gasteiger partial charge on any atom is 0.397 e. The molecule has 82 valence electrons. The van der Waals surface area contributed by atoms with Gasteiger partial charge >= 0.3 is 6.18 Å². The third kappa shape index (κ3) is 4.43. The zero-order valence-electron chi connectivity index (χ0n) is 7.04. The highest BCUT2D eigenvalue weighted by Crippen LogP contribution is 2.19. The molecule has 1 rings (SSSR count). The fourth-order valence-electron chi connectivity index (χ4n) is 0.764. The molecule has 0 saturated carbocycles. The van der Waals surface area contributed by atoms with Crippen molar-refractivity contribution in [3.63, 3.8) is 0 Å². The molecule has 14 heavy (non-hydrogen) atoms. The van der Waals surface area contributed by atoms with E-state index in [4.69, 9.17) is 5.73 Å². The van der Waals surface area contributed by atoms with Crippen LogP contribution in [0.5, 0.6) is 0 Å². The molecule has 0 amide bonds. The number of nitrogens with zero attached hydrogens (tertiary/aromatic N) is 2. The second kappa shape index (κ2) is 5.16. The van der Waals surface area contributed by atoms with Crippen LogP contribution in [0.4, 0.5) is 13.2 Å². The fraction of sp³-hybridized carbons (Fsp3) is 0.667. The summed E-state index contributed by atoms with van der Waals surface area (Å²) < 4.78 is 39.7. The second-order valence-corrected chi connectivity index (χ2v) is 2.43. The summed E-state index contributed by atoms with van der Waals surface area (Å²) in [6.45, 7) is 0.283. The van der Waals surface area contributed by atoms with Crippen molar-refractivity contribution in [3.8, 4) is 0 Å². The Morgan fingerprint density at radius 2 is 2.00 bits per heavy atom. The molecule has 8 heteroatoms. The highest BCUT2D eigenvalue weighted by molar-refractivity contribution is 5.85. The molecule has 2 N–H and O–H groups in total. The number of rotatable bonds is 3. The first-order chi connectivity index (χ1) is 6.01. The van der Waals surface area contributed by atoms with Gasteiger partial charge in [0, 0.05) is 6.42 Å². The van der Waals surface area contributed by atoms with Gasteiger partial charge in [0.2, 0.25) is 5.89 Å². The van der Waals surface area contributed by atoms with Crippen LogP contribution in [0.2, 0.25) is 0 Å². The molecule has 0 radical (unpaired) electrons. The molecule has 0 aliphatic heterocycles. The van der Waals surface area contributed by atoms with Crippen molar-refractivity contribution in [1.29, 1.82) is 0 Å². The predicted molar refractivity (Wildman–Crippen MR) is 44.1 cm³/mol. The Kier molecular flexibility index (Phi) is 4.86. The third-order valence-electron chi connectivity index (χ3n) is 1.23. The Hall–Kier alpha value is -0.820. The highest BCUT2D eigenvalue weighted by Gasteiger charge is 2.31.